The van der Waals surface area contributed by atoms with Gasteiger partial charge in [0.25, 0.3) is 5.91 Å². The number of hydrogen-bond donors (Lipinski definition) is 0. The Kier molecular flexibility index (Phi) is 4.99. The maximum atomic E-state index is 13.1. The van der Waals surface area contributed by atoms with E-state index in [1.54, 1.807) is 0 Å². The minimum absolute atomic E-state index is 0.0710. The predicted molar refractivity (Wildman–Crippen MR) is 107 cm³/mol. The quantitative estimate of drug-likeness (QED) is 0.650. The lowest BCUT2D eigenvalue weighted by Gasteiger charge is -2.32. The molecule has 3 aromatic rings. The van der Waals surface area contributed by atoms with E-state index in [0.717, 1.165) is 40.8 Å². The van der Waals surface area contributed by atoms with Crippen LogP contribution < -0.4 is 4.74 Å². The van der Waals surface area contributed by atoms with E-state index in [9.17, 15) is 4.79 Å². The molecule has 0 bridgehead atoms. The van der Waals surface area contributed by atoms with E-state index >= 15 is 0 Å². The van der Waals surface area contributed by atoms with Gasteiger partial charge in [0.05, 0.1) is 11.1 Å². The van der Waals surface area contributed by atoms with Gasteiger partial charge in [-0.15, -0.1) is 0 Å². The van der Waals surface area contributed by atoms with E-state index in [4.69, 9.17) is 16.3 Å². The van der Waals surface area contributed by atoms with Gasteiger partial charge in [0, 0.05) is 42.0 Å². The Morgan fingerprint density at radius 2 is 1.81 bits per heavy atom. The van der Waals surface area contributed by atoms with E-state index in [0.29, 0.717) is 18.1 Å². The molecule has 4 rings (SSSR count). The van der Waals surface area contributed by atoms with Gasteiger partial charge < -0.3 is 9.64 Å². The maximum absolute atomic E-state index is 13.1. The molecule has 1 aliphatic rings. The van der Waals surface area contributed by atoms with Crippen LogP contribution in [0, 0.1) is 6.92 Å². The van der Waals surface area contributed by atoms with Crippen LogP contribution in [-0.4, -0.2) is 35.0 Å². The summed E-state index contributed by atoms with van der Waals surface area (Å²) in [6.07, 6.45) is 1.75. The van der Waals surface area contributed by atoms with Gasteiger partial charge in [0.15, 0.2) is 0 Å². The number of para-hydroxylation sites is 1. The van der Waals surface area contributed by atoms with E-state index in [2.05, 4.69) is 4.98 Å². The number of nitrogens with zero attached hydrogens (tertiary/aromatic N) is 2. The summed E-state index contributed by atoms with van der Waals surface area (Å²) in [5.41, 5.74) is 2.45. The van der Waals surface area contributed by atoms with Gasteiger partial charge in [0.2, 0.25) is 0 Å². The highest BCUT2D eigenvalue weighted by Gasteiger charge is 2.26. The summed E-state index contributed by atoms with van der Waals surface area (Å²) in [7, 11) is 0. The van der Waals surface area contributed by atoms with Crippen molar-refractivity contribution in [3.63, 3.8) is 0 Å². The number of amides is 1. The summed E-state index contributed by atoms with van der Waals surface area (Å²) in [4.78, 5) is 19.6. The number of fused-ring (bicyclic) bond motifs is 1. The molecule has 138 valence electrons. The first-order valence-electron chi connectivity index (χ1n) is 9.18. The zero-order valence-corrected chi connectivity index (χ0v) is 15.9. The highest BCUT2D eigenvalue weighted by Crippen LogP contribution is 2.24. The molecule has 1 aliphatic heterocycles. The van der Waals surface area contributed by atoms with Crippen LogP contribution in [0.5, 0.6) is 5.75 Å². The minimum Gasteiger partial charge on any atom is -0.490 e. The summed E-state index contributed by atoms with van der Waals surface area (Å²) in [5, 5.41) is 1.61. The molecule has 2 heterocycles. The number of ether oxygens (including phenoxy) is 1. The molecular formula is C22H21ClN2O2. The first kappa shape index (κ1) is 17.8. The van der Waals surface area contributed by atoms with Gasteiger partial charge in [-0.25, -0.2) is 0 Å². The molecule has 27 heavy (non-hydrogen) atoms. The first-order chi connectivity index (χ1) is 13.1. The zero-order valence-electron chi connectivity index (χ0n) is 15.2. The average Bonchev–Trinajstić information content (AvgIpc) is 2.69. The second-order valence-electron chi connectivity index (χ2n) is 6.89. The Morgan fingerprint density at radius 3 is 2.56 bits per heavy atom. The number of aromatic nitrogens is 1. The summed E-state index contributed by atoms with van der Waals surface area (Å²) in [6, 6.07) is 17.1. The number of benzene rings is 2. The van der Waals surface area contributed by atoms with Crippen LogP contribution in [0.15, 0.2) is 54.6 Å². The lowest BCUT2D eigenvalue weighted by Crippen LogP contribution is -2.41. The van der Waals surface area contributed by atoms with Crippen LogP contribution in [-0.2, 0) is 0 Å². The largest absolute Gasteiger partial charge is 0.490 e. The monoisotopic (exact) mass is 380 g/mol. The Labute approximate surface area is 163 Å². The van der Waals surface area contributed by atoms with Crippen molar-refractivity contribution in [2.75, 3.05) is 13.1 Å². The van der Waals surface area contributed by atoms with Crippen LogP contribution >= 0.6 is 11.6 Å². The van der Waals surface area contributed by atoms with Gasteiger partial charge in [-0.2, -0.15) is 0 Å². The molecule has 0 unspecified atom stereocenters. The van der Waals surface area contributed by atoms with Crippen molar-refractivity contribution in [1.29, 1.82) is 0 Å². The topological polar surface area (TPSA) is 42.4 Å². The fraction of sp³-hybridized carbons (Fsp3) is 0.273. The minimum atomic E-state index is 0.0710. The SMILES string of the molecule is Cc1cc(C(=O)N2CCC(Oc3ccc(Cl)cc3)CC2)c2ccccc2n1. The first-order valence-corrected chi connectivity index (χ1v) is 9.56. The number of pyridine rings is 1. The Bertz CT molecular complexity index is 964. The van der Waals surface area contributed by atoms with Crippen molar-refractivity contribution in [1.82, 2.24) is 9.88 Å². The number of hydrogen-bond acceptors (Lipinski definition) is 3. The van der Waals surface area contributed by atoms with E-state index < -0.39 is 0 Å². The molecular weight excluding hydrogens is 360 g/mol. The smallest absolute Gasteiger partial charge is 0.254 e. The lowest BCUT2D eigenvalue weighted by molar-refractivity contribution is 0.0597. The molecule has 0 N–H and O–H groups in total. The second kappa shape index (κ2) is 7.57. The highest BCUT2D eigenvalue weighted by atomic mass is 35.5. The number of carbonyl (C=O) groups is 1. The summed E-state index contributed by atoms with van der Waals surface area (Å²) in [6.45, 7) is 3.30. The molecule has 1 fully saturated rings. The summed E-state index contributed by atoms with van der Waals surface area (Å²) >= 11 is 5.91. The molecule has 2 aromatic carbocycles. The maximum Gasteiger partial charge on any atom is 0.254 e. The van der Waals surface area contributed by atoms with Crippen molar-refractivity contribution >= 4 is 28.4 Å². The zero-order chi connectivity index (χ0) is 18.8. The molecule has 0 saturated carbocycles. The summed E-state index contributed by atoms with van der Waals surface area (Å²) in [5.74, 6) is 0.890. The van der Waals surface area contributed by atoms with Gasteiger partial charge in [-0.3, -0.25) is 9.78 Å². The van der Waals surface area contributed by atoms with Crippen molar-refractivity contribution in [3.05, 3.63) is 70.9 Å². The summed E-state index contributed by atoms with van der Waals surface area (Å²) < 4.78 is 6.03. The third-order valence-electron chi connectivity index (χ3n) is 4.92. The van der Waals surface area contributed by atoms with Crippen molar-refractivity contribution in [3.8, 4) is 5.75 Å². The van der Waals surface area contributed by atoms with Gasteiger partial charge in [-0.05, 0) is 43.3 Å². The number of aryl methyl sites for hydroxylation is 1. The van der Waals surface area contributed by atoms with E-state index in [-0.39, 0.29) is 12.0 Å². The average molecular weight is 381 g/mol. The molecule has 0 atom stereocenters. The number of likely N-dealkylation sites (tertiary alicyclic amines) is 1. The van der Waals surface area contributed by atoms with Crippen molar-refractivity contribution in [2.45, 2.75) is 25.9 Å². The van der Waals surface area contributed by atoms with E-state index in [1.807, 2.05) is 66.4 Å². The second-order valence-corrected chi connectivity index (χ2v) is 7.33. The molecule has 0 radical (unpaired) electrons. The molecule has 4 nitrogen and oxygen atoms in total. The van der Waals surface area contributed by atoms with Crippen molar-refractivity contribution < 1.29 is 9.53 Å². The molecule has 1 saturated heterocycles. The third-order valence-corrected chi connectivity index (χ3v) is 5.17. The van der Waals surface area contributed by atoms with Crippen LogP contribution in [0.3, 0.4) is 0 Å². The number of halogens is 1. The van der Waals surface area contributed by atoms with Crippen LogP contribution in [0.1, 0.15) is 28.9 Å². The molecule has 5 heteroatoms. The highest BCUT2D eigenvalue weighted by molar-refractivity contribution is 6.30. The number of carbonyl (C=O) groups excluding carboxylic acids is 1. The molecule has 1 aromatic heterocycles. The molecule has 0 spiro atoms. The van der Waals surface area contributed by atoms with Gasteiger partial charge >= 0.3 is 0 Å². The predicted octanol–water partition coefficient (Wildman–Crippen LogP) is 4.88. The molecule has 0 aliphatic carbocycles. The third kappa shape index (κ3) is 3.91. The Hall–Kier alpha value is -2.59. The standard InChI is InChI=1S/C22H21ClN2O2/c1-15-14-20(19-4-2-3-5-21(19)24-15)22(26)25-12-10-18(11-13-25)27-17-8-6-16(23)7-9-17/h2-9,14,18H,10-13H2,1H3. The molecule has 1 amide bonds. The number of piperidine rings is 1. The Morgan fingerprint density at radius 1 is 1.11 bits per heavy atom. The fourth-order valence-corrected chi connectivity index (χ4v) is 3.66. The van der Waals surface area contributed by atoms with Crippen LogP contribution in [0.2, 0.25) is 5.02 Å². The van der Waals surface area contributed by atoms with Crippen molar-refractivity contribution in [2.24, 2.45) is 0 Å². The fourth-order valence-electron chi connectivity index (χ4n) is 3.54. The van der Waals surface area contributed by atoms with E-state index in [1.165, 1.54) is 0 Å². The lowest BCUT2D eigenvalue weighted by atomic mass is 10.0. The van der Waals surface area contributed by atoms with Gasteiger partial charge in [-0.1, -0.05) is 29.8 Å². The van der Waals surface area contributed by atoms with Gasteiger partial charge in [0.1, 0.15) is 11.9 Å². The Balaban J connectivity index is 1.45. The van der Waals surface area contributed by atoms with Crippen LogP contribution in [0.4, 0.5) is 0 Å². The number of rotatable bonds is 3. The normalized spacial score (nSPS) is 15.1. The van der Waals surface area contributed by atoms with Crippen LogP contribution in [0.25, 0.3) is 10.9 Å².